The zero-order valence-corrected chi connectivity index (χ0v) is 13.5. The monoisotopic (exact) mass is 350 g/mol. The number of rotatable bonds is 4. The zero-order chi connectivity index (χ0) is 14.9. The van der Waals surface area contributed by atoms with Crippen LogP contribution < -0.4 is 10.5 Å². The minimum atomic E-state index is -3.69. The van der Waals surface area contributed by atoms with E-state index in [2.05, 4.69) is 5.32 Å². The van der Waals surface area contributed by atoms with Crippen molar-refractivity contribution in [2.75, 3.05) is 0 Å². The average molecular weight is 351 g/mol. The third-order valence-electron chi connectivity index (χ3n) is 2.45. The summed E-state index contributed by atoms with van der Waals surface area (Å²) in [6.07, 6.45) is 0. The summed E-state index contributed by atoms with van der Waals surface area (Å²) in [6.45, 7) is 2.06. The summed E-state index contributed by atoms with van der Waals surface area (Å²) in [4.78, 5) is 13.1. The lowest BCUT2D eigenvalue weighted by molar-refractivity contribution is 0.0955. The van der Waals surface area contributed by atoms with E-state index in [1.807, 2.05) is 12.3 Å². The molecule has 0 aromatic carbocycles. The Labute approximate surface area is 129 Å². The molecule has 2 aromatic rings. The highest BCUT2D eigenvalue weighted by atomic mass is 35.5. The highest BCUT2D eigenvalue weighted by Crippen LogP contribution is 2.27. The fourth-order valence-corrected chi connectivity index (χ4v) is 4.35. The van der Waals surface area contributed by atoms with E-state index in [0.29, 0.717) is 14.8 Å². The van der Waals surface area contributed by atoms with Crippen molar-refractivity contribution in [3.63, 3.8) is 0 Å². The quantitative estimate of drug-likeness (QED) is 0.886. The molecule has 2 rings (SSSR count). The third-order valence-corrected chi connectivity index (χ3v) is 6.67. The van der Waals surface area contributed by atoms with E-state index in [1.165, 1.54) is 17.4 Å². The molecule has 5 nitrogen and oxygen atoms in total. The van der Waals surface area contributed by atoms with Crippen LogP contribution in [0.4, 0.5) is 0 Å². The van der Waals surface area contributed by atoms with Crippen LogP contribution in [0.5, 0.6) is 0 Å². The summed E-state index contributed by atoms with van der Waals surface area (Å²) in [6, 6.07) is 3.04. The van der Waals surface area contributed by atoms with Crippen molar-refractivity contribution >= 4 is 50.2 Å². The maximum Gasteiger partial charge on any atom is 0.263 e. The minimum absolute atomic E-state index is 0.0757. The number of sulfonamides is 1. The van der Waals surface area contributed by atoms with Gasteiger partial charge in [0.2, 0.25) is 10.0 Å². The van der Waals surface area contributed by atoms with Crippen LogP contribution in [0.15, 0.2) is 21.7 Å². The first-order chi connectivity index (χ1) is 9.29. The Balaban J connectivity index is 2.04. The highest BCUT2D eigenvalue weighted by Gasteiger charge is 2.15. The Hall–Kier alpha value is -0.930. The number of thiophene rings is 2. The summed E-state index contributed by atoms with van der Waals surface area (Å²) in [7, 11) is -3.69. The number of halogens is 1. The van der Waals surface area contributed by atoms with Gasteiger partial charge in [-0.1, -0.05) is 11.6 Å². The summed E-state index contributed by atoms with van der Waals surface area (Å²) in [5, 5.41) is 9.97. The van der Waals surface area contributed by atoms with E-state index < -0.39 is 10.0 Å². The number of nitrogens with two attached hydrogens (primary N) is 1. The lowest BCUT2D eigenvalue weighted by Gasteiger charge is -2.02. The number of hydrogen-bond donors (Lipinski definition) is 2. The molecule has 0 radical (unpaired) electrons. The van der Waals surface area contributed by atoms with Crippen molar-refractivity contribution in [2.45, 2.75) is 17.7 Å². The summed E-state index contributed by atoms with van der Waals surface area (Å²) >= 11 is 8.31. The van der Waals surface area contributed by atoms with Crippen molar-refractivity contribution in [1.29, 1.82) is 0 Å². The summed E-state index contributed by atoms with van der Waals surface area (Å²) in [5.41, 5.74) is 0.856. The first kappa shape index (κ1) is 15.5. The SMILES string of the molecule is Cc1csc(C(=O)NCc2ccc(S(N)(=O)=O)s2)c1Cl. The van der Waals surface area contributed by atoms with Crippen LogP contribution >= 0.6 is 34.3 Å². The van der Waals surface area contributed by atoms with Gasteiger partial charge in [-0.15, -0.1) is 22.7 Å². The van der Waals surface area contributed by atoms with Gasteiger partial charge in [-0.05, 0) is 30.0 Å². The molecule has 0 fully saturated rings. The van der Waals surface area contributed by atoms with E-state index in [0.717, 1.165) is 16.9 Å². The Morgan fingerprint density at radius 3 is 2.65 bits per heavy atom. The van der Waals surface area contributed by atoms with Gasteiger partial charge in [0.05, 0.1) is 11.6 Å². The molecule has 20 heavy (non-hydrogen) atoms. The second kappa shape index (κ2) is 5.82. The van der Waals surface area contributed by atoms with Gasteiger partial charge in [-0.3, -0.25) is 4.79 Å². The molecule has 0 aliphatic heterocycles. The number of nitrogens with one attached hydrogen (secondary N) is 1. The van der Waals surface area contributed by atoms with Gasteiger partial charge < -0.3 is 5.32 Å². The van der Waals surface area contributed by atoms with Crippen LogP contribution in [-0.4, -0.2) is 14.3 Å². The van der Waals surface area contributed by atoms with E-state index in [9.17, 15) is 13.2 Å². The number of carbonyl (C=O) groups is 1. The second-order valence-electron chi connectivity index (χ2n) is 4.01. The maximum atomic E-state index is 11.9. The molecule has 0 bridgehead atoms. The van der Waals surface area contributed by atoms with E-state index >= 15 is 0 Å². The normalized spacial score (nSPS) is 11.6. The smallest absolute Gasteiger partial charge is 0.263 e. The Morgan fingerprint density at radius 1 is 1.45 bits per heavy atom. The van der Waals surface area contributed by atoms with E-state index in [1.54, 1.807) is 6.07 Å². The van der Waals surface area contributed by atoms with Gasteiger partial charge in [-0.25, -0.2) is 13.6 Å². The second-order valence-corrected chi connectivity index (χ2v) is 8.22. The molecule has 108 valence electrons. The van der Waals surface area contributed by atoms with Crippen molar-refractivity contribution in [3.05, 3.63) is 37.9 Å². The number of hydrogen-bond acceptors (Lipinski definition) is 5. The minimum Gasteiger partial charge on any atom is -0.346 e. The summed E-state index contributed by atoms with van der Waals surface area (Å²) < 4.78 is 22.4. The van der Waals surface area contributed by atoms with Gasteiger partial charge in [-0.2, -0.15) is 0 Å². The molecular weight excluding hydrogens is 340 g/mol. The van der Waals surface area contributed by atoms with Crippen molar-refractivity contribution in [2.24, 2.45) is 5.14 Å². The van der Waals surface area contributed by atoms with Gasteiger partial charge in [0.25, 0.3) is 5.91 Å². The molecule has 0 aliphatic carbocycles. The fraction of sp³-hybridized carbons (Fsp3) is 0.182. The van der Waals surface area contributed by atoms with Crippen LogP contribution in [0.1, 0.15) is 20.1 Å². The molecule has 2 aromatic heterocycles. The number of primary sulfonamides is 1. The molecule has 0 atom stereocenters. The van der Waals surface area contributed by atoms with E-state index in [4.69, 9.17) is 16.7 Å². The van der Waals surface area contributed by atoms with Gasteiger partial charge in [0.15, 0.2) is 0 Å². The molecule has 0 unspecified atom stereocenters. The topological polar surface area (TPSA) is 89.3 Å². The first-order valence-electron chi connectivity index (χ1n) is 5.42. The molecule has 0 spiro atoms. The molecular formula is C11H11ClN2O3S3. The van der Waals surface area contributed by atoms with E-state index in [-0.39, 0.29) is 16.7 Å². The molecule has 2 heterocycles. The standard InChI is InChI=1S/C11H11ClN2O3S3/c1-6-5-18-10(9(6)12)11(15)14-4-7-2-3-8(19-7)20(13,16)17/h2-3,5H,4H2,1H3,(H,14,15)(H2,13,16,17). The van der Waals surface area contributed by atoms with Crippen LogP contribution in [0.3, 0.4) is 0 Å². The molecule has 1 amide bonds. The molecule has 0 aliphatic rings. The van der Waals surface area contributed by atoms with Crippen LogP contribution in [-0.2, 0) is 16.6 Å². The maximum absolute atomic E-state index is 11.9. The average Bonchev–Trinajstić information content (AvgIpc) is 2.95. The third kappa shape index (κ3) is 3.39. The zero-order valence-electron chi connectivity index (χ0n) is 10.3. The van der Waals surface area contributed by atoms with Crippen LogP contribution in [0, 0.1) is 6.92 Å². The molecule has 0 saturated carbocycles. The largest absolute Gasteiger partial charge is 0.346 e. The number of aryl methyl sites for hydroxylation is 1. The Bertz CT molecular complexity index is 749. The van der Waals surface area contributed by atoms with Crippen molar-refractivity contribution < 1.29 is 13.2 Å². The van der Waals surface area contributed by atoms with Crippen molar-refractivity contribution in [1.82, 2.24) is 5.32 Å². The lowest BCUT2D eigenvalue weighted by Crippen LogP contribution is -2.21. The highest BCUT2D eigenvalue weighted by molar-refractivity contribution is 7.91. The summed E-state index contributed by atoms with van der Waals surface area (Å²) in [5.74, 6) is -0.279. The number of amides is 1. The lowest BCUT2D eigenvalue weighted by atomic mass is 10.3. The van der Waals surface area contributed by atoms with Crippen molar-refractivity contribution in [3.8, 4) is 0 Å². The number of carbonyl (C=O) groups excluding carboxylic acids is 1. The van der Waals surface area contributed by atoms with Crippen LogP contribution in [0.2, 0.25) is 5.02 Å². The van der Waals surface area contributed by atoms with Crippen LogP contribution in [0.25, 0.3) is 0 Å². The molecule has 9 heteroatoms. The predicted octanol–water partition coefficient (Wildman–Crippen LogP) is 2.35. The Kier molecular flexibility index (Phi) is 4.50. The first-order valence-corrected chi connectivity index (χ1v) is 9.04. The molecule has 0 saturated heterocycles. The molecule has 3 N–H and O–H groups in total. The fourth-order valence-electron chi connectivity index (χ4n) is 1.44. The van der Waals surface area contributed by atoms with Gasteiger partial charge in [0.1, 0.15) is 9.09 Å². The van der Waals surface area contributed by atoms with Gasteiger partial charge in [0, 0.05) is 4.88 Å². The Morgan fingerprint density at radius 2 is 2.15 bits per heavy atom. The predicted molar refractivity (Wildman–Crippen MR) is 80.9 cm³/mol. The van der Waals surface area contributed by atoms with Gasteiger partial charge >= 0.3 is 0 Å².